The van der Waals surface area contributed by atoms with Crippen molar-refractivity contribution in [1.82, 2.24) is 9.55 Å². The molecule has 1 N–H and O–H groups in total. The van der Waals surface area contributed by atoms with Gasteiger partial charge in [-0.2, -0.15) is 4.98 Å². The van der Waals surface area contributed by atoms with Gasteiger partial charge in [0.05, 0.1) is 0 Å². The summed E-state index contributed by atoms with van der Waals surface area (Å²) in [5.74, 6) is -0.197. The van der Waals surface area contributed by atoms with Gasteiger partial charge < -0.3 is 5.32 Å². The molecule has 1 aromatic carbocycles. The number of hydrogen-bond acceptors (Lipinski definition) is 3. The second-order valence-corrected chi connectivity index (χ2v) is 5.85. The van der Waals surface area contributed by atoms with Crippen molar-refractivity contribution >= 4 is 11.6 Å². The number of carbonyl (C=O) groups excluding carboxylic acids is 1. The van der Waals surface area contributed by atoms with Crippen LogP contribution in [0, 0.1) is 27.7 Å². The Morgan fingerprint density at radius 3 is 2.57 bits per heavy atom. The molecule has 1 heterocycles. The lowest BCUT2D eigenvalue weighted by atomic mass is 10.1. The van der Waals surface area contributed by atoms with Crippen LogP contribution in [0.3, 0.4) is 0 Å². The standard InChI is InChI=1S/C18H23N3O2/c1-6-16(21-13(4)10-12(3)19-18(21)23)17(22)20-15-9-7-8-11(2)14(15)5/h7-10,16H,6H2,1-5H3,(H,20,22)/t16-/m0/s1. The van der Waals surface area contributed by atoms with E-state index in [1.54, 1.807) is 6.92 Å². The molecule has 0 aliphatic heterocycles. The summed E-state index contributed by atoms with van der Waals surface area (Å²) in [5, 5.41) is 2.94. The quantitative estimate of drug-likeness (QED) is 0.943. The average Bonchev–Trinajstić information content (AvgIpc) is 2.47. The summed E-state index contributed by atoms with van der Waals surface area (Å²) in [6.45, 7) is 9.45. The lowest BCUT2D eigenvalue weighted by molar-refractivity contribution is -0.119. The first kappa shape index (κ1) is 16.9. The maximum atomic E-state index is 12.7. The fraction of sp³-hybridized carbons (Fsp3) is 0.389. The van der Waals surface area contributed by atoms with Gasteiger partial charge >= 0.3 is 5.69 Å². The molecule has 122 valence electrons. The highest BCUT2D eigenvalue weighted by Crippen LogP contribution is 2.21. The monoisotopic (exact) mass is 313 g/mol. The molecular weight excluding hydrogens is 290 g/mol. The third-order valence-corrected chi connectivity index (χ3v) is 4.14. The number of nitrogens with zero attached hydrogens (tertiary/aromatic N) is 2. The van der Waals surface area contributed by atoms with E-state index in [1.807, 2.05) is 52.0 Å². The van der Waals surface area contributed by atoms with E-state index in [4.69, 9.17) is 0 Å². The molecule has 0 saturated heterocycles. The minimum atomic E-state index is -0.574. The largest absolute Gasteiger partial charge is 0.348 e. The summed E-state index contributed by atoms with van der Waals surface area (Å²) < 4.78 is 1.47. The summed E-state index contributed by atoms with van der Waals surface area (Å²) >= 11 is 0. The molecule has 0 radical (unpaired) electrons. The van der Waals surface area contributed by atoms with Crippen LogP contribution in [-0.2, 0) is 4.79 Å². The second kappa shape index (κ2) is 6.77. The van der Waals surface area contributed by atoms with Gasteiger partial charge in [-0.15, -0.1) is 0 Å². The van der Waals surface area contributed by atoms with Crippen LogP contribution in [-0.4, -0.2) is 15.5 Å². The molecule has 1 atom stereocenters. The Labute approximate surface area is 136 Å². The Balaban J connectivity index is 2.37. The third-order valence-electron chi connectivity index (χ3n) is 4.14. The van der Waals surface area contributed by atoms with Crippen molar-refractivity contribution in [3.05, 3.63) is 57.3 Å². The number of nitrogens with one attached hydrogen (secondary N) is 1. The van der Waals surface area contributed by atoms with E-state index in [0.29, 0.717) is 12.1 Å². The van der Waals surface area contributed by atoms with Gasteiger partial charge in [-0.3, -0.25) is 9.36 Å². The molecule has 2 aromatic rings. The molecule has 0 aliphatic carbocycles. The van der Waals surface area contributed by atoms with E-state index in [2.05, 4.69) is 10.3 Å². The van der Waals surface area contributed by atoms with Gasteiger partial charge in [0, 0.05) is 17.1 Å². The van der Waals surface area contributed by atoms with Gasteiger partial charge in [0.25, 0.3) is 0 Å². The highest BCUT2D eigenvalue weighted by molar-refractivity contribution is 5.94. The molecule has 23 heavy (non-hydrogen) atoms. The molecule has 5 heteroatoms. The van der Waals surface area contributed by atoms with E-state index in [-0.39, 0.29) is 11.6 Å². The number of benzene rings is 1. The van der Waals surface area contributed by atoms with Crippen molar-refractivity contribution in [2.24, 2.45) is 0 Å². The zero-order chi connectivity index (χ0) is 17.1. The molecule has 0 bridgehead atoms. The molecule has 0 saturated carbocycles. The topological polar surface area (TPSA) is 64.0 Å². The Bertz CT molecular complexity index is 793. The lowest BCUT2D eigenvalue weighted by Crippen LogP contribution is -2.36. The Morgan fingerprint density at radius 1 is 1.26 bits per heavy atom. The van der Waals surface area contributed by atoms with E-state index in [9.17, 15) is 9.59 Å². The summed E-state index contributed by atoms with van der Waals surface area (Å²) in [7, 11) is 0. The Hall–Kier alpha value is -2.43. The zero-order valence-corrected chi connectivity index (χ0v) is 14.3. The summed E-state index contributed by atoms with van der Waals surface area (Å²) in [6, 6.07) is 7.02. The predicted octanol–water partition coefficient (Wildman–Crippen LogP) is 3.07. The SMILES string of the molecule is CC[C@@H](C(=O)Nc1cccc(C)c1C)n1c(C)cc(C)nc1=O. The third kappa shape index (κ3) is 3.50. The van der Waals surface area contributed by atoms with E-state index < -0.39 is 6.04 Å². The number of anilines is 1. The molecular formula is C18H23N3O2. The van der Waals surface area contributed by atoms with Crippen molar-refractivity contribution in [3.8, 4) is 0 Å². The van der Waals surface area contributed by atoms with Crippen molar-refractivity contribution in [1.29, 1.82) is 0 Å². The molecule has 0 spiro atoms. The molecule has 0 unspecified atom stereocenters. The smallest absolute Gasteiger partial charge is 0.324 e. The van der Waals surface area contributed by atoms with Crippen LogP contribution in [0.4, 0.5) is 5.69 Å². The van der Waals surface area contributed by atoms with Gasteiger partial charge in [0.2, 0.25) is 5.91 Å². The maximum absolute atomic E-state index is 12.7. The molecule has 1 aromatic heterocycles. The highest BCUT2D eigenvalue weighted by atomic mass is 16.2. The first-order chi connectivity index (χ1) is 10.8. The van der Waals surface area contributed by atoms with Crippen LogP contribution < -0.4 is 11.0 Å². The van der Waals surface area contributed by atoms with Crippen LogP contribution in [0.2, 0.25) is 0 Å². The number of aryl methyl sites for hydroxylation is 3. The molecule has 2 rings (SSSR count). The normalized spacial score (nSPS) is 12.0. The maximum Gasteiger partial charge on any atom is 0.348 e. The van der Waals surface area contributed by atoms with E-state index in [0.717, 1.165) is 22.5 Å². The average molecular weight is 313 g/mol. The number of hydrogen-bond donors (Lipinski definition) is 1. The number of amides is 1. The zero-order valence-electron chi connectivity index (χ0n) is 14.3. The first-order valence-corrected chi connectivity index (χ1v) is 7.79. The van der Waals surface area contributed by atoms with Gasteiger partial charge in [0.1, 0.15) is 6.04 Å². The van der Waals surface area contributed by atoms with Crippen LogP contribution in [0.1, 0.15) is 41.9 Å². The Morgan fingerprint density at radius 2 is 1.96 bits per heavy atom. The van der Waals surface area contributed by atoms with Crippen molar-refractivity contribution < 1.29 is 4.79 Å². The van der Waals surface area contributed by atoms with Crippen molar-refractivity contribution in [3.63, 3.8) is 0 Å². The van der Waals surface area contributed by atoms with Crippen LogP contribution in [0.25, 0.3) is 0 Å². The van der Waals surface area contributed by atoms with Crippen molar-refractivity contribution in [2.45, 2.75) is 47.1 Å². The van der Waals surface area contributed by atoms with Gasteiger partial charge in [-0.1, -0.05) is 19.1 Å². The summed E-state index contributed by atoms with van der Waals surface area (Å²) in [5.41, 5.74) is 3.94. The minimum absolute atomic E-state index is 0.197. The van der Waals surface area contributed by atoms with E-state index in [1.165, 1.54) is 4.57 Å². The predicted molar refractivity (Wildman–Crippen MR) is 91.8 cm³/mol. The lowest BCUT2D eigenvalue weighted by Gasteiger charge is -2.21. The summed E-state index contributed by atoms with van der Waals surface area (Å²) in [4.78, 5) is 28.9. The van der Waals surface area contributed by atoms with Crippen LogP contribution >= 0.6 is 0 Å². The number of rotatable bonds is 4. The molecule has 0 aliphatic rings. The van der Waals surface area contributed by atoms with Crippen LogP contribution in [0.5, 0.6) is 0 Å². The number of carbonyl (C=O) groups is 1. The fourth-order valence-corrected chi connectivity index (χ4v) is 2.73. The summed E-state index contributed by atoms with van der Waals surface area (Å²) in [6.07, 6.45) is 0.516. The first-order valence-electron chi connectivity index (χ1n) is 7.79. The minimum Gasteiger partial charge on any atom is -0.324 e. The van der Waals surface area contributed by atoms with E-state index >= 15 is 0 Å². The fourth-order valence-electron chi connectivity index (χ4n) is 2.73. The molecule has 5 nitrogen and oxygen atoms in total. The Kier molecular flexibility index (Phi) is 4.98. The van der Waals surface area contributed by atoms with Crippen molar-refractivity contribution in [2.75, 3.05) is 5.32 Å². The van der Waals surface area contributed by atoms with Gasteiger partial charge in [-0.25, -0.2) is 4.79 Å². The van der Waals surface area contributed by atoms with Gasteiger partial charge in [0.15, 0.2) is 0 Å². The number of aromatic nitrogens is 2. The highest BCUT2D eigenvalue weighted by Gasteiger charge is 2.22. The molecule has 0 fully saturated rings. The van der Waals surface area contributed by atoms with Crippen LogP contribution in [0.15, 0.2) is 29.1 Å². The van der Waals surface area contributed by atoms with Gasteiger partial charge in [-0.05, 0) is 57.4 Å². The second-order valence-electron chi connectivity index (χ2n) is 5.85. The molecule has 1 amide bonds.